The van der Waals surface area contributed by atoms with Gasteiger partial charge in [0.1, 0.15) is 17.2 Å². The Kier molecular flexibility index (Phi) is 11.3. The molecule has 1 N–H and O–H groups in total. The van der Waals surface area contributed by atoms with Crippen LogP contribution in [0, 0.1) is 17.3 Å². The summed E-state index contributed by atoms with van der Waals surface area (Å²) >= 11 is 1.62. The number of benzene rings is 1. The van der Waals surface area contributed by atoms with E-state index in [0.29, 0.717) is 38.1 Å². The van der Waals surface area contributed by atoms with E-state index in [1.165, 1.54) is 0 Å². The highest BCUT2D eigenvalue weighted by Crippen LogP contribution is 2.57. The van der Waals surface area contributed by atoms with Crippen molar-refractivity contribution in [1.29, 1.82) is 0 Å². The van der Waals surface area contributed by atoms with Crippen LogP contribution in [0.5, 0.6) is 6.01 Å². The summed E-state index contributed by atoms with van der Waals surface area (Å²) in [6.45, 7) is 9.54. The molecule has 0 spiro atoms. The van der Waals surface area contributed by atoms with Crippen LogP contribution in [-0.2, 0) is 33.9 Å². The molecule has 56 heavy (non-hydrogen) atoms. The number of Topliss-reactive ketones (excluding diaryl/α,β-unsaturated/α-hetero) is 1. The highest BCUT2D eigenvalue weighted by atomic mass is 32.2. The molecule has 2 amide bonds. The number of carbonyl (C=O) groups is 4. The largest absolute Gasteiger partial charge is 0.460 e. The number of amides is 2. The van der Waals surface area contributed by atoms with Gasteiger partial charge in [0, 0.05) is 35.2 Å². The van der Waals surface area contributed by atoms with Gasteiger partial charge in [0.2, 0.25) is 21.8 Å². The van der Waals surface area contributed by atoms with Gasteiger partial charge in [-0.2, -0.15) is 4.98 Å². The summed E-state index contributed by atoms with van der Waals surface area (Å²) in [5.41, 5.74) is 0.712. The predicted molar refractivity (Wildman–Crippen MR) is 214 cm³/mol. The van der Waals surface area contributed by atoms with Crippen LogP contribution in [0.25, 0.3) is 21.5 Å². The maximum atomic E-state index is 14.7. The van der Waals surface area contributed by atoms with Gasteiger partial charge < -0.3 is 14.4 Å². The molecular formula is C42H54N4O8S2. The summed E-state index contributed by atoms with van der Waals surface area (Å²) in [7, 11) is -3.84. The molecule has 4 heterocycles. The lowest BCUT2D eigenvalue weighted by Crippen LogP contribution is -2.46. The number of ketones is 1. The third-order valence-electron chi connectivity index (χ3n) is 11.4. The number of hydrogen-bond acceptors (Lipinski definition) is 10. The van der Waals surface area contributed by atoms with Crippen LogP contribution in [0.15, 0.2) is 47.9 Å². The zero-order chi connectivity index (χ0) is 40.0. The quantitative estimate of drug-likeness (QED) is 0.176. The number of imidazole rings is 1. The van der Waals surface area contributed by atoms with Gasteiger partial charge in [0.15, 0.2) is 5.78 Å². The number of carbonyl (C=O) groups excluding carboxylic acids is 4. The van der Waals surface area contributed by atoms with Gasteiger partial charge in [0.05, 0.1) is 35.2 Å². The number of esters is 1. The smallest absolute Gasteiger partial charge is 0.307 e. The second-order valence-corrected chi connectivity index (χ2v) is 20.2. The number of ether oxygens (including phenoxy) is 2. The topological polar surface area (TPSA) is 154 Å². The van der Waals surface area contributed by atoms with Crippen molar-refractivity contribution in [1.82, 2.24) is 19.2 Å². The Morgan fingerprint density at radius 3 is 2.55 bits per heavy atom. The molecule has 0 bridgehead atoms. The number of fused-ring (bicyclic) bond motifs is 3. The molecule has 5 atom stereocenters. The molecule has 2 aliphatic carbocycles. The Labute approximate surface area is 333 Å². The van der Waals surface area contributed by atoms with Gasteiger partial charge in [-0.3, -0.25) is 28.5 Å². The third-order valence-corrected chi connectivity index (χ3v) is 14.2. The molecule has 1 aromatic carbocycles. The first-order chi connectivity index (χ1) is 26.6. The second-order valence-electron chi connectivity index (χ2n) is 17.3. The third kappa shape index (κ3) is 8.61. The molecule has 2 saturated carbocycles. The van der Waals surface area contributed by atoms with Crippen LogP contribution in [0.4, 0.5) is 0 Å². The molecule has 2 aliphatic heterocycles. The van der Waals surface area contributed by atoms with Crippen molar-refractivity contribution in [3.05, 3.63) is 47.9 Å². The molecule has 1 saturated heterocycles. The minimum Gasteiger partial charge on any atom is -0.460 e. The molecule has 2 aromatic heterocycles. The Bertz CT molecular complexity index is 2110. The van der Waals surface area contributed by atoms with Crippen molar-refractivity contribution < 1.29 is 37.1 Å². The molecule has 14 heteroatoms. The first-order valence-corrected chi connectivity index (χ1v) is 22.5. The molecule has 3 fully saturated rings. The van der Waals surface area contributed by atoms with Crippen molar-refractivity contribution in [2.45, 2.75) is 134 Å². The maximum absolute atomic E-state index is 14.7. The molecule has 0 unspecified atom stereocenters. The van der Waals surface area contributed by atoms with E-state index in [4.69, 9.17) is 14.5 Å². The zero-order valence-corrected chi connectivity index (χ0v) is 34.6. The average molecular weight is 807 g/mol. The van der Waals surface area contributed by atoms with E-state index >= 15 is 0 Å². The number of sulfonamides is 1. The lowest BCUT2D eigenvalue weighted by Gasteiger charge is -2.29. The normalized spacial score (nSPS) is 26.9. The molecule has 0 radical (unpaired) electrons. The van der Waals surface area contributed by atoms with Gasteiger partial charge in [-0.05, 0) is 96.6 Å². The molecule has 7 rings (SSSR count). The lowest BCUT2D eigenvalue weighted by molar-refractivity contribution is -0.159. The van der Waals surface area contributed by atoms with E-state index in [1.54, 1.807) is 37.0 Å². The zero-order valence-electron chi connectivity index (χ0n) is 33.0. The Morgan fingerprint density at radius 1 is 1.07 bits per heavy atom. The molecule has 12 nitrogen and oxygen atoms in total. The van der Waals surface area contributed by atoms with Gasteiger partial charge in [-0.1, -0.05) is 43.2 Å². The number of allylic oxidation sites excluding steroid dienone is 2. The van der Waals surface area contributed by atoms with Crippen LogP contribution >= 0.6 is 11.3 Å². The highest BCUT2D eigenvalue weighted by Gasteiger charge is 2.61. The molecular weight excluding hydrogens is 753 g/mol. The van der Waals surface area contributed by atoms with Crippen molar-refractivity contribution in [3.63, 3.8) is 0 Å². The van der Waals surface area contributed by atoms with Gasteiger partial charge >= 0.3 is 5.97 Å². The van der Waals surface area contributed by atoms with Crippen molar-refractivity contribution in [2.24, 2.45) is 17.3 Å². The second kappa shape index (κ2) is 15.7. The maximum Gasteiger partial charge on any atom is 0.307 e. The van der Waals surface area contributed by atoms with E-state index in [-0.39, 0.29) is 49.5 Å². The van der Waals surface area contributed by atoms with Crippen molar-refractivity contribution >= 4 is 56.0 Å². The van der Waals surface area contributed by atoms with Gasteiger partial charge in [0.25, 0.3) is 6.01 Å². The Balaban J connectivity index is 1.22. The number of para-hydroxylation sites is 1. The fourth-order valence-electron chi connectivity index (χ4n) is 8.36. The Hall–Kier alpha value is -4.04. The fourth-order valence-corrected chi connectivity index (χ4v) is 10.5. The summed E-state index contributed by atoms with van der Waals surface area (Å²) in [5.74, 6) is -2.81. The average Bonchev–Trinajstić information content (AvgIpc) is 3.91. The number of aromatic nitrogens is 2. The first kappa shape index (κ1) is 40.2. The minimum absolute atomic E-state index is 0.0212. The van der Waals surface area contributed by atoms with Crippen LogP contribution in [0.1, 0.15) is 111 Å². The number of nitrogens with one attached hydrogen (secondary N) is 1. The monoisotopic (exact) mass is 806 g/mol. The van der Waals surface area contributed by atoms with E-state index in [1.807, 2.05) is 60.2 Å². The number of thiophene rings is 1. The summed E-state index contributed by atoms with van der Waals surface area (Å²) in [5, 5.41) is 1.43. The number of rotatable bonds is 9. The SMILES string of the molecule is CC(C)n1c(O[C@@H]2C[C@H]3C(=O)C[C@]4(C(=O)NS(=O)(=O)C5CC5)C[C@@H]4/C=C\CCCCC[C@H](CC(=O)OC(C)(C)C)C(=O)N3C2)nc2c(-c3cccs3)cccc21. The van der Waals surface area contributed by atoms with E-state index in [2.05, 4.69) is 10.8 Å². The van der Waals surface area contributed by atoms with Crippen LogP contribution in [0.3, 0.4) is 0 Å². The summed E-state index contributed by atoms with van der Waals surface area (Å²) in [4.78, 5) is 64.0. The van der Waals surface area contributed by atoms with Crippen LogP contribution in [-0.4, -0.2) is 76.0 Å². The van der Waals surface area contributed by atoms with E-state index in [0.717, 1.165) is 40.7 Å². The number of hydrogen-bond donors (Lipinski definition) is 1. The van der Waals surface area contributed by atoms with E-state index < -0.39 is 56.2 Å². The molecule has 302 valence electrons. The lowest BCUT2D eigenvalue weighted by atomic mass is 9.90. The molecule has 4 aliphatic rings. The fraction of sp³-hybridized carbons (Fsp3) is 0.595. The first-order valence-electron chi connectivity index (χ1n) is 20.1. The molecule has 3 aromatic rings. The van der Waals surface area contributed by atoms with Crippen LogP contribution in [0.2, 0.25) is 0 Å². The van der Waals surface area contributed by atoms with Crippen LogP contribution < -0.4 is 9.46 Å². The predicted octanol–water partition coefficient (Wildman–Crippen LogP) is 7.14. The van der Waals surface area contributed by atoms with Crippen molar-refractivity contribution in [3.8, 4) is 16.5 Å². The Morgan fingerprint density at radius 2 is 1.86 bits per heavy atom. The number of nitrogens with zero attached hydrogens (tertiary/aromatic N) is 3. The van der Waals surface area contributed by atoms with E-state index in [9.17, 15) is 27.6 Å². The standard InChI is InChI=1S/C42H54N4O8S2/c1-26(2)46-32-16-11-15-31(35-17-12-20-55-35)37(32)43-40(46)53-29-22-33-34(47)24-42(39(50)44-56(51,52)30-18-19-30)23-28(42)14-10-8-6-7-9-13-27(38(49)45(33)25-29)21-36(48)54-41(3,4)5/h10-12,14-17,20,26-30,33H,6-9,13,18-19,21-25H2,1-5H3,(H,44,50)/b14-10-/t27-,28+,29-,33+,42-/m1/s1. The highest BCUT2D eigenvalue weighted by molar-refractivity contribution is 7.90. The summed E-state index contributed by atoms with van der Waals surface area (Å²) < 4.78 is 42.5. The summed E-state index contributed by atoms with van der Waals surface area (Å²) in [6, 6.07) is 9.50. The minimum atomic E-state index is -3.84. The van der Waals surface area contributed by atoms with Crippen molar-refractivity contribution in [2.75, 3.05) is 6.54 Å². The van der Waals surface area contributed by atoms with Gasteiger partial charge in [-0.15, -0.1) is 11.3 Å². The summed E-state index contributed by atoms with van der Waals surface area (Å²) in [6.07, 6.45) is 8.07. The van der Waals surface area contributed by atoms with Gasteiger partial charge in [-0.25, -0.2) is 8.42 Å².